The van der Waals surface area contributed by atoms with E-state index in [0.29, 0.717) is 16.5 Å². The van der Waals surface area contributed by atoms with Gasteiger partial charge in [-0.05, 0) is 18.6 Å². The number of nitrogens with zero attached hydrogens (tertiary/aromatic N) is 1. The lowest BCUT2D eigenvalue weighted by atomic mass is 10.1. The summed E-state index contributed by atoms with van der Waals surface area (Å²) in [4.78, 5) is 16.4. The minimum absolute atomic E-state index is 0.184. The highest BCUT2D eigenvalue weighted by atomic mass is 35.5. The van der Waals surface area contributed by atoms with Gasteiger partial charge in [0, 0.05) is 23.9 Å². The van der Waals surface area contributed by atoms with Crippen LogP contribution in [0.4, 0.5) is 0 Å². The van der Waals surface area contributed by atoms with Gasteiger partial charge in [-0.3, -0.25) is 4.79 Å². The highest BCUT2D eigenvalue weighted by Gasteiger charge is 2.21. The average Bonchev–Trinajstić information content (AvgIpc) is 2.46. The van der Waals surface area contributed by atoms with E-state index in [1.165, 1.54) is 18.0 Å². The Balaban J connectivity index is 2.23. The van der Waals surface area contributed by atoms with Gasteiger partial charge in [0.25, 0.3) is 5.91 Å². The van der Waals surface area contributed by atoms with E-state index in [9.17, 15) is 9.90 Å². The monoisotopic (exact) mass is 324 g/mol. The lowest BCUT2D eigenvalue weighted by Gasteiger charge is -2.22. The number of halogens is 1. The number of pyridine rings is 1. The molecule has 0 spiro atoms. The van der Waals surface area contributed by atoms with E-state index in [1.807, 2.05) is 30.5 Å². The molecule has 1 aromatic carbocycles. The maximum atomic E-state index is 12.3. The molecule has 0 aliphatic heterocycles. The van der Waals surface area contributed by atoms with Crippen LogP contribution < -0.4 is 5.32 Å². The van der Waals surface area contributed by atoms with Gasteiger partial charge in [0.15, 0.2) is 0 Å². The van der Waals surface area contributed by atoms with E-state index in [4.69, 9.17) is 11.6 Å². The standard InChI is InChI=1S/C15H17ClN2O2S/c1-15(20,9-21-2)8-18-14(19)12-7-17-13(16)11-6-4-3-5-10(11)12/h3-7,20H,8-9H2,1-2H3,(H,18,19). The molecule has 2 aromatic rings. The van der Waals surface area contributed by atoms with Gasteiger partial charge in [-0.15, -0.1) is 0 Å². The highest BCUT2D eigenvalue weighted by molar-refractivity contribution is 7.98. The Morgan fingerprint density at radius 1 is 1.43 bits per heavy atom. The van der Waals surface area contributed by atoms with Crippen LogP contribution in [0.3, 0.4) is 0 Å². The number of rotatable bonds is 5. The molecule has 1 aromatic heterocycles. The summed E-state index contributed by atoms with van der Waals surface area (Å²) in [5, 5.41) is 14.7. The summed E-state index contributed by atoms with van der Waals surface area (Å²) in [6.45, 7) is 1.88. The summed E-state index contributed by atoms with van der Waals surface area (Å²) in [6, 6.07) is 7.35. The van der Waals surface area contributed by atoms with Gasteiger partial charge in [-0.25, -0.2) is 4.98 Å². The molecule has 21 heavy (non-hydrogen) atoms. The molecule has 112 valence electrons. The molecule has 2 N–H and O–H groups in total. The number of aromatic nitrogens is 1. The lowest BCUT2D eigenvalue weighted by Crippen LogP contribution is -2.42. The van der Waals surface area contributed by atoms with Crippen molar-refractivity contribution in [1.29, 1.82) is 0 Å². The second kappa shape index (κ2) is 6.64. The van der Waals surface area contributed by atoms with Crippen molar-refractivity contribution in [3.05, 3.63) is 41.2 Å². The fourth-order valence-corrected chi connectivity index (χ4v) is 3.00. The third-order valence-corrected chi connectivity index (χ3v) is 4.29. The number of aliphatic hydroxyl groups is 1. The number of carbonyl (C=O) groups is 1. The molecule has 0 saturated heterocycles. The fraction of sp³-hybridized carbons (Fsp3) is 0.333. The van der Waals surface area contributed by atoms with Crippen molar-refractivity contribution < 1.29 is 9.90 Å². The van der Waals surface area contributed by atoms with Crippen LogP contribution in [-0.4, -0.2) is 40.2 Å². The van der Waals surface area contributed by atoms with Crippen LogP contribution in [-0.2, 0) is 0 Å². The first-order chi connectivity index (χ1) is 9.94. The molecular formula is C15H17ClN2O2S. The Labute approximate surface area is 132 Å². The average molecular weight is 325 g/mol. The Bertz CT molecular complexity index is 661. The van der Waals surface area contributed by atoms with Crippen molar-refractivity contribution in [2.75, 3.05) is 18.6 Å². The second-order valence-corrected chi connectivity index (χ2v) is 6.34. The van der Waals surface area contributed by atoms with Gasteiger partial charge in [-0.2, -0.15) is 11.8 Å². The Morgan fingerprint density at radius 2 is 2.10 bits per heavy atom. The van der Waals surface area contributed by atoms with Crippen molar-refractivity contribution in [2.45, 2.75) is 12.5 Å². The molecule has 6 heteroatoms. The summed E-state index contributed by atoms with van der Waals surface area (Å²) in [5.41, 5.74) is -0.486. The van der Waals surface area contributed by atoms with Gasteiger partial charge in [-0.1, -0.05) is 35.9 Å². The Kier molecular flexibility index (Phi) is 5.08. The zero-order chi connectivity index (χ0) is 15.5. The summed E-state index contributed by atoms with van der Waals surface area (Å²) in [6.07, 6.45) is 3.37. The molecule has 0 fully saturated rings. The van der Waals surface area contributed by atoms with E-state index in [1.54, 1.807) is 6.92 Å². The third-order valence-electron chi connectivity index (χ3n) is 3.08. The van der Waals surface area contributed by atoms with Crippen molar-refractivity contribution in [3.63, 3.8) is 0 Å². The predicted octanol–water partition coefficient (Wildman–Crippen LogP) is 2.73. The maximum absolute atomic E-state index is 12.3. The first kappa shape index (κ1) is 16.1. The Hall–Kier alpha value is -1.30. The van der Waals surface area contributed by atoms with E-state index in [0.717, 1.165) is 10.8 Å². The molecule has 1 atom stereocenters. The first-order valence-electron chi connectivity index (χ1n) is 6.47. The predicted molar refractivity (Wildman–Crippen MR) is 88.1 cm³/mol. The van der Waals surface area contributed by atoms with Crippen molar-refractivity contribution in [3.8, 4) is 0 Å². The van der Waals surface area contributed by atoms with Crippen LogP contribution in [0.2, 0.25) is 5.15 Å². The maximum Gasteiger partial charge on any atom is 0.253 e. The summed E-state index contributed by atoms with van der Waals surface area (Å²) in [5.74, 6) is 0.282. The number of fused-ring (bicyclic) bond motifs is 1. The SMILES string of the molecule is CSCC(C)(O)CNC(=O)c1cnc(Cl)c2ccccc12. The van der Waals surface area contributed by atoms with Gasteiger partial charge in [0.05, 0.1) is 11.2 Å². The van der Waals surface area contributed by atoms with Crippen LogP contribution in [0, 0.1) is 0 Å². The normalized spacial score (nSPS) is 13.9. The molecule has 1 amide bonds. The van der Waals surface area contributed by atoms with Gasteiger partial charge in [0.2, 0.25) is 0 Å². The van der Waals surface area contributed by atoms with Gasteiger partial charge >= 0.3 is 0 Å². The number of carbonyl (C=O) groups excluding carboxylic acids is 1. The van der Waals surface area contributed by atoms with Gasteiger partial charge in [0.1, 0.15) is 5.15 Å². The molecule has 1 unspecified atom stereocenters. The molecule has 4 nitrogen and oxygen atoms in total. The summed E-state index contributed by atoms with van der Waals surface area (Å²) < 4.78 is 0. The fourth-order valence-electron chi connectivity index (χ4n) is 2.07. The van der Waals surface area contributed by atoms with Crippen LogP contribution >= 0.6 is 23.4 Å². The minimum atomic E-state index is -0.940. The zero-order valence-electron chi connectivity index (χ0n) is 11.9. The zero-order valence-corrected chi connectivity index (χ0v) is 13.5. The smallest absolute Gasteiger partial charge is 0.253 e. The van der Waals surface area contributed by atoms with Gasteiger partial charge < -0.3 is 10.4 Å². The number of thioether (sulfide) groups is 1. The van der Waals surface area contributed by atoms with E-state index < -0.39 is 5.60 Å². The topological polar surface area (TPSA) is 62.2 Å². The summed E-state index contributed by atoms with van der Waals surface area (Å²) in [7, 11) is 0. The van der Waals surface area contributed by atoms with Crippen molar-refractivity contribution in [2.24, 2.45) is 0 Å². The van der Waals surface area contributed by atoms with E-state index in [-0.39, 0.29) is 12.5 Å². The molecule has 0 bridgehead atoms. The van der Waals surface area contributed by atoms with E-state index in [2.05, 4.69) is 10.3 Å². The lowest BCUT2D eigenvalue weighted by molar-refractivity contribution is 0.0726. The highest BCUT2D eigenvalue weighted by Crippen LogP contribution is 2.24. The van der Waals surface area contributed by atoms with Crippen molar-refractivity contribution in [1.82, 2.24) is 10.3 Å². The van der Waals surface area contributed by atoms with Crippen molar-refractivity contribution >= 4 is 40.0 Å². The van der Waals surface area contributed by atoms with E-state index >= 15 is 0 Å². The molecule has 0 saturated carbocycles. The summed E-state index contributed by atoms with van der Waals surface area (Å²) >= 11 is 7.57. The number of amides is 1. The molecule has 0 radical (unpaired) electrons. The van der Waals surface area contributed by atoms with Crippen LogP contribution in [0.25, 0.3) is 10.8 Å². The van der Waals surface area contributed by atoms with Crippen LogP contribution in [0.5, 0.6) is 0 Å². The largest absolute Gasteiger partial charge is 0.387 e. The quantitative estimate of drug-likeness (QED) is 0.830. The number of nitrogens with one attached hydrogen (secondary N) is 1. The first-order valence-corrected chi connectivity index (χ1v) is 8.24. The van der Waals surface area contributed by atoms with Crippen LogP contribution in [0.15, 0.2) is 30.5 Å². The minimum Gasteiger partial charge on any atom is -0.387 e. The molecule has 1 heterocycles. The second-order valence-electron chi connectivity index (χ2n) is 5.12. The number of benzene rings is 1. The molecular weight excluding hydrogens is 308 g/mol. The number of hydrogen-bond acceptors (Lipinski definition) is 4. The number of hydrogen-bond donors (Lipinski definition) is 2. The third kappa shape index (κ3) is 3.87. The molecule has 0 aliphatic carbocycles. The molecule has 0 aliphatic rings. The van der Waals surface area contributed by atoms with Crippen LogP contribution in [0.1, 0.15) is 17.3 Å². The molecule has 2 rings (SSSR count). The Morgan fingerprint density at radius 3 is 2.76 bits per heavy atom.